The van der Waals surface area contributed by atoms with Crippen LogP contribution in [0.3, 0.4) is 0 Å². The van der Waals surface area contributed by atoms with Crippen LogP contribution in [-0.4, -0.2) is 25.1 Å². The number of benzene rings is 3. The average Bonchev–Trinajstić information content (AvgIpc) is 3.03. The van der Waals surface area contributed by atoms with Crippen molar-refractivity contribution in [3.63, 3.8) is 0 Å². The molecule has 0 bridgehead atoms. The van der Waals surface area contributed by atoms with Gasteiger partial charge in [-0.15, -0.1) is 0 Å². The smallest absolute Gasteiger partial charge is 0.279 e. The molecular weight excluding hydrogens is 526 g/mol. The van der Waals surface area contributed by atoms with Gasteiger partial charge >= 0.3 is 0 Å². The van der Waals surface area contributed by atoms with Crippen molar-refractivity contribution in [2.75, 3.05) is 10.2 Å². The van der Waals surface area contributed by atoms with Crippen LogP contribution in [0.25, 0.3) is 0 Å². The molecule has 1 aliphatic heterocycles. The van der Waals surface area contributed by atoms with Gasteiger partial charge in [-0.05, 0) is 60.2 Å². The molecule has 0 aliphatic carbocycles. The predicted octanol–water partition coefficient (Wildman–Crippen LogP) is 3.33. The number of nitrogens with two attached hydrogens (primary N) is 1. The molecule has 0 unspecified atom stereocenters. The van der Waals surface area contributed by atoms with Gasteiger partial charge in [0, 0.05) is 15.7 Å². The van der Waals surface area contributed by atoms with Gasteiger partial charge in [0.2, 0.25) is 10.0 Å². The third-order valence-corrected chi connectivity index (χ3v) is 6.46. The van der Waals surface area contributed by atoms with Crippen LogP contribution in [0.2, 0.25) is 0 Å². The largest absolute Gasteiger partial charge is 0.331 e. The number of sulfonamides is 1. The van der Waals surface area contributed by atoms with Crippen molar-refractivity contribution in [3.8, 4) is 0 Å². The van der Waals surface area contributed by atoms with Crippen LogP contribution >= 0.6 is 28.1 Å². The van der Waals surface area contributed by atoms with Gasteiger partial charge in [-0.25, -0.2) is 13.6 Å². The molecule has 3 aromatic rings. The minimum absolute atomic E-state index is 0.00980. The number of carbonyl (C=O) groups is 1. The molecule has 3 aromatic carbocycles. The molecule has 4 rings (SSSR count). The van der Waals surface area contributed by atoms with Crippen molar-refractivity contribution < 1.29 is 13.2 Å². The monoisotopic (exact) mass is 543 g/mol. The fourth-order valence-electron chi connectivity index (χ4n) is 3.31. The first-order valence-corrected chi connectivity index (χ1v) is 12.4. The van der Waals surface area contributed by atoms with Crippen molar-refractivity contribution >= 4 is 66.3 Å². The second-order valence-corrected chi connectivity index (χ2v) is 10.0. The summed E-state index contributed by atoms with van der Waals surface area (Å²) in [5.74, 6) is -0.250. The van der Waals surface area contributed by atoms with Crippen LogP contribution in [0.15, 0.2) is 87.3 Å². The highest BCUT2D eigenvalue weighted by molar-refractivity contribution is 9.10. The van der Waals surface area contributed by atoms with Crippen LogP contribution in [0.1, 0.15) is 11.1 Å². The van der Waals surface area contributed by atoms with Gasteiger partial charge < -0.3 is 10.2 Å². The number of hydrogen-bond donors (Lipinski definition) is 3. The molecule has 0 spiro atoms. The Kier molecular flexibility index (Phi) is 6.56. The normalized spacial score (nSPS) is 14.3. The molecule has 4 N–H and O–H groups in total. The molecule has 0 saturated heterocycles. The third-order valence-electron chi connectivity index (χ3n) is 4.85. The highest BCUT2D eigenvalue weighted by Gasteiger charge is 2.34. The maximum absolute atomic E-state index is 13.2. The summed E-state index contributed by atoms with van der Waals surface area (Å²) in [6.07, 6.45) is 0. The van der Waals surface area contributed by atoms with Gasteiger partial charge in [-0.1, -0.05) is 46.3 Å². The number of amides is 1. The summed E-state index contributed by atoms with van der Waals surface area (Å²) in [6.45, 7) is 0.409. The van der Waals surface area contributed by atoms with Crippen LogP contribution in [0.5, 0.6) is 0 Å². The van der Waals surface area contributed by atoms with E-state index < -0.39 is 10.0 Å². The van der Waals surface area contributed by atoms with E-state index in [1.165, 1.54) is 24.3 Å². The molecule has 1 heterocycles. The van der Waals surface area contributed by atoms with Gasteiger partial charge in [-0.3, -0.25) is 10.2 Å². The van der Waals surface area contributed by atoms with E-state index in [1.54, 1.807) is 4.90 Å². The summed E-state index contributed by atoms with van der Waals surface area (Å²) < 4.78 is 23.6. The number of hydrogen-bond acceptors (Lipinski definition) is 5. The number of carbonyl (C=O) groups excluding carboxylic acids is 1. The molecule has 0 radical (unpaired) electrons. The van der Waals surface area contributed by atoms with E-state index in [2.05, 4.69) is 31.8 Å². The summed E-state index contributed by atoms with van der Waals surface area (Å²) in [6, 6.07) is 21.0. The first-order valence-electron chi connectivity index (χ1n) is 9.65. The lowest BCUT2D eigenvalue weighted by atomic mass is 10.1. The minimum atomic E-state index is -3.78. The maximum atomic E-state index is 13.2. The Morgan fingerprint density at radius 1 is 1.06 bits per heavy atom. The number of primary sulfonamides is 1. The fraction of sp³-hybridized carbons (Fsp3) is 0.0455. The first-order chi connectivity index (χ1) is 15.7. The van der Waals surface area contributed by atoms with Crippen LogP contribution in [0.4, 0.5) is 11.4 Å². The van der Waals surface area contributed by atoms with Gasteiger partial charge in [0.25, 0.3) is 5.91 Å². The summed E-state index contributed by atoms with van der Waals surface area (Å²) >= 11 is 8.72. The van der Waals surface area contributed by atoms with Crippen molar-refractivity contribution in [1.82, 2.24) is 5.43 Å². The fourth-order valence-corrected chi connectivity index (χ4v) is 4.35. The molecular formula is C22H18BrN5O3S2. The van der Waals surface area contributed by atoms with Crippen LogP contribution in [-0.2, 0) is 21.4 Å². The molecule has 0 aromatic heterocycles. The average molecular weight is 544 g/mol. The zero-order chi connectivity index (χ0) is 23.6. The Labute approximate surface area is 204 Å². The molecule has 0 saturated carbocycles. The zero-order valence-corrected chi connectivity index (χ0v) is 20.2. The van der Waals surface area contributed by atoms with Crippen molar-refractivity contribution in [2.45, 2.75) is 11.4 Å². The summed E-state index contributed by atoms with van der Waals surface area (Å²) in [7, 11) is -3.78. The number of nitrogens with one attached hydrogen (secondary N) is 2. The highest BCUT2D eigenvalue weighted by Crippen LogP contribution is 2.33. The number of halogens is 1. The van der Waals surface area contributed by atoms with Crippen molar-refractivity contribution in [2.24, 2.45) is 10.2 Å². The van der Waals surface area contributed by atoms with Crippen LogP contribution in [0, 0.1) is 0 Å². The van der Waals surface area contributed by atoms with E-state index in [0.717, 1.165) is 15.7 Å². The van der Waals surface area contributed by atoms with Crippen molar-refractivity contribution in [1.29, 1.82) is 0 Å². The van der Waals surface area contributed by atoms with Gasteiger partial charge in [0.1, 0.15) is 0 Å². The number of nitrogens with zero attached hydrogens (tertiary/aromatic N) is 2. The van der Waals surface area contributed by atoms with Gasteiger partial charge in [0.05, 0.1) is 17.1 Å². The lowest BCUT2D eigenvalue weighted by molar-refractivity contribution is -0.112. The Balaban J connectivity index is 1.53. The maximum Gasteiger partial charge on any atom is 0.279 e. The molecule has 1 amide bonds. The summed E-state index contributed by atoms with van der Waals surface area (Å²) in [4.78, 5) is 14.8. The Bertz CT molecular complexity index is 1360. The molecule has 168 valence electrons. The summed E-state index contributed by atoms with van der Waals surface area (Å²) in [5, 5.41) is 12.4. The van der Waals surface area contributed by atoms with Crippen molar-refractivity contribution in [3.05, 3.63) is 88.4 Å². The quantitative estimate of drug-likeness (QED) is 0.335. The lowest BCUT2D eigenvalue weighted by Gasteiger charge is -2.17. The number of thiocarbonyl (C=S) groups is 1. The molecule has 0 fully saturated rings. The standard InChI is InChI=1S/C22H18BrN5O3S2/c23-15-6-11-19-18(12-15)20(21(29)28(19)13-14-4-2-1-3-5-14)26-27-22(32)25-16-7-9-17(10-8-16)33(24,30)31/h1-12H,13H2,(H2,24,30,31)(H2,25,27,32). The predicted molar refractivity (Wildman–Crippen MR) is 135 cm³/mol. The molecule has 11 heteroatoms. The number of hydrazone groups is 1. The third kappa shape index (κ3) is 5.28. The number of anilines is 2. The second-order valence-electron chi connectivity index (χ2n) is 7.13. The first kappa shape index (κ1) is 23.1. The Hall–Kier alpha value is -3.12. The van der Waals surface area contributed by atoms with E-state index in [1.807, 2.05) is 48.5 Å². The van der Waals surface area contributed by atoms with E-state index in [0.29, 0.717) is 17.8 Å². The van der Waals surface area contributed by atoms with E-state index in [-0.39, 0.29) is 21.6 Å². The summed E-state index contributed by atoms with van der Waals surface area (Å²) in [5.41, 5.74) is 5.89. The Morgan fingerprint density at radius 3 is 2.42 bits per heavy atom. The second kappa shape index (κ2) is 9.40. The number of fused-ring (bicyclic) bond motifs is 1. The molecule has 8 nitrogen and oxygen atoms in total. The van der Waals surface area contributed by atoms with Gasteiger partial charge in [0.15, 0.2) is 10.8 Å². The molecule has 0 atom stereocenters. The van der Waals surface area contributed by atoms with E-state index in [9.17, 15) is 13.2 Å². The molecule has 33 heavy (non-hydrogen) atoms. The topological polar surface area (TPSA) is 117 Å². The Morgan fingerprint density at radius 2 is 1.76 bits per heavy atom. The SMILES string of the molecule is NS(=O)(=O)c1ccc(NC(=S)NN=C2C(=O)N(Cc3ccccc3)c3ccc(Br)cc32)cc1. The number of rotatable bonds is 5. The van der Waals surface area contributed by atoms with Gasteiger partial charge in [-0.2, -0.15) is 5.10 Å². The van der Waals surface area contributed by atoms with Crippen LogP contribution < -0.4 is 20.8 Å². The zero-order valence-electron chi connectivity index (χ0n) is 17.0. The van der Waals surface area contributed by atoms with E-state index >= 15 is 0 Å². The molecule has 1 aliphatic rings. The van der Waals surface area contributed by atoms with E-state index in [4.69, 9.17) is 17.4 Å². The highest BCUT2D eigenvalue weighted by atomic mass is 79.9. The minimum Gasteiger partial charge on any atom is -0.331 e. The lowest BCUT2D eigenvalue weighted by Crippen LogP contribution is -2.32.